The average Bonchev–Trinajstić information content (AvgIpc) is 2.64. The Labute approximate surface area is 149 Å². The Hall–Kier alpha value is -2.69. The van der Waals surface area contributed by atoms with Crippen LogP contribution in [0.2, 0.25) is 0 Å². The van der Waals surface area contributed by atoms with E-state index in [1.54, 1.807) is 0 Å². The molecule has 0 saturated carbocycles. The lowest BCUT2D eigenvalue weighted by Gasteiger charge is -2.36. The number of anilines is 2. The van der Waals surface area contributed by atoms with Crippen molar-refractivity contribution in [2.24, 2.45) is 0 Å². The molecule has 2 amide bonds. The average molecular weight is 339 g/mol. The van der Waals surface area contributed by atoms with Crippen molar-refractivity contribution in [1.82, 2.24) is 4.90 Å². The number of ether oxygens (including phenoxy) is 1. The summed E-state index contributed by atoms with van der Waals surface area (Å²) in [5.74, 6) is 0.810. The van der Waals surface area contributed by atoms with E-state index in [4.69, 9.17) is 4.74 Å². The standard InChI is InChI=1S/C20H25N3O2/c1-16(2)25-19-10-8-17(9-11-19)21-20(24)23-14-12-22(13-15-23)18-6-4-3-5-7-18/h3-11,16H,12-15H2,1-2H3,(H,21,24). The Morgan fingerprint density at radius 3 is 2.20 bits per heavy atom. The van der Waals surface area contributed by atoms with E-state index >= 15 is 0 Å². The van der Waals surface area contributed by atoms with Crippen LogP contribution in [0.1, 0.15) is 13.8 Å². The van der Waals surface area contributed by atoms with Crippen LogP contribution < -0.4 is 15.0 Å². The lowest BCUT2D eigenvalue weighted by atomic mass is 10.2. The molecule has 0 spiro atoms. The molecule has 0 atom stereocenters. The Kier molecular flexibility index (Phi) is 5.43. The molecule has 25 heavy (non-hydrogen) atoms. The molecule has 0 aromatic heterocycles. The Morgan fingerprint density at radius 2 is 1.60 bits per heavy atom. The van der Waals surface area contributed by atoms with Gasteiger partial charge in [0.1, 0.15) is 5.75 Å². The molecule has 2 aromatic carbocycles. The molecule has 1 saturated heterocycles. The highest BCUT2D eigenvalue weighted by Crippen LogP contribution is 2.19. The zero-order chi connectivity index (χ0) is 17.6. The Bertz CT molecular complexity index is 678. The minimum atomic E-state index is -0.0507. The molecule has 5 heteroatoms. The molecule has 2 aromatic rings. The van der Waals surface area contributed by atoms with Crippen LogP contribution in [0.25, 0.3) is 0 Å². The zero-order valence-electron chi connectivity index (χ0n) is 14.8. The first kappa shape index (κ1) is 17.1. The number of benzene rings is 2. The molecular formula is C20H25N3O2. The summed E-state index contributed by atoms with van der Waals surface area (Å²) in [6.45, 7) is 7.11. The van der Waals surface area contributed by atoms with Gasteiger partial charge in [0.25, 0.3) is 0 Å². The van der Waals surface area contributed by atoms with Crippen LogP contribution >= 0.6 is 0 Å². The highest BCUT2D eigenvalue weighted by atomic mass is 16.5. The summed E-state index contributed by atoms with van der Waals surface area (Å²) >= 11 is 0. The maximum Gasteiger partial charge on any atom is 0.321 e. The third-order valence-electron chi connectivity index (χ3n) is 4.17. The summed E-state index contributed by atoms with van der Waals surface area (Å²) in [5, 5.41) is 2.96. The second-order valence-electron chi connectivity index (χ2n) is 6.43. The molecule has 1 N–H and O–H groups in total. The second-order valence-corrected chi connectivity index (χ2v) is 6.43. The first-order valence-corrected chi connectivity index (χ1v) is 8.74. The van der Waals surface area contributed by atoms with E-state index in [9.17, 15) is 4.79 Å². The molecule has 0 aliphatic carbocycles. The maximum absolute atomic E-state index is 12.4. The van der Waals surface area contributed by atoms with Crippen molar-refractivity contribution in [2.45, 2.75) is 20.0 Å². The van der Waals surface area contributed by atoms with Gasteiger partial charge in [0.05, 0.1) is 6.10 Å². The van der Waals surface area contributed by atoms with Crippen LogP contribution in [0.3, 0.4) is 0 Å². The Morgan fingerprint density at radius 1 is 0.960 bits per heavy atom. The molecule has 1 fully saturated rings. The van der Waals surface area contributed by atoms with Crippen molar-refractivity contribution < 1.29 is 9.53 Å². The van der Waals surface area contributed by atoms with E-state index in [2.05, 4.69) is 22.3 Å². The van der Waals surface area contributed by atoms with E-state index in [1.807, 2.05) is 61.2 Å². The molecule has 3 rings (SSSR count). The van der Waals surface area contributed by atoms with E-state index in [1.165, 1.54) is 5.69 Å². The van der Waals surface area contributed by atoms with Crippen molar-refractivity contribution in [3.8, 4) is 5.75 Å². The van der Waals surface area contributed by atoms with Gasteiger partial charge >= 0.3 is 6.03 Å². The van der Waals surface area contributed by atoms with Crippen molar-refractivity contribution in [1.29, 1.82) is 0 Å². The maximum atomic E-state index is 12.4. The van der Waals surface area contributed by atoms with Gasteiger partial charge in [0, 0.05) is 37.6 Å². The first-order valence-electron chi connectivity index (χ1n) is 8.74. The highest BCUT2D eigenvalue weighted by molar-refractivity contribution is 5.89. The summed E-state index contributed by atoms with van der Waals surface area (Å²) in [4.78, 5) is 16.6. The van der Waals surface area contributed by atoms with Crippen molar-refractivity contribution in [3.63, 3.8) is 0 Å². The number of urea groups is 1. The van der Waals surface area contributed by atoms with Crippen LogP contribution in [-0.2, 0) is 0 Å². The van der Waals surface area contributed by atoms with Gasteiger partial charge in [-0.15, -0.1) is 0 Å². The molecular weight excluding hydrogens is 314 g/mol. The van der Waals surface area contributed by atoms with E-state index in [0.29, 0.717) is 0 Å². The number of amides is 2. The summed E-state index contributed by atoms with van der Waals surface area (Å²) in [6.07, 6.45) is 0.140. The van der Waals surface area contributed by atoms with Crippen molar-refractivity contribution in [3.05, 3.63) is 54.6 Å². The van der Waals surface area contributed by atoms with Crippen LogP contribution in [0.4, 0.5) is 16.2 Å². The van der Waals surface area contributed by atoms with E-state index in [-0.39, 0.29) is 12.1 Å². The van der Waals surface area contributed by atoms with E-state index in [0.717, 1.165) is 37.6 Å². The quantitative estimate of drug-likeness (QED) is 0.921. The SMILES string of the molecule is CC(C)Oc1ccc(NC(=O)N2CCN(c3ccccc3)CC2)cc1. The number of para-hydroxylation sites is 1. The van der Waals surface area contributed by atoms with E-state index < -0.39 is 0 Å². The fourth-order valence-corrected chi connectivity index (χ4v) is 2.90. The van der Waals surface area contributed by atoms with Gasteiger partial charge in [-0.05, 0) is 50.2 Å². The number of rotatable bonds is 4. The fraction of sp³-hybridized carbons (Fsp3) is 0.350. The van der Waals surface area contributed by atoms with Crippen molar-refractivity contribution >= 4 is 17.4 Å². The monoisotopic (exact) mass is 339 g/mol. The number of carbonyl (C=O) groups is 1. The minimum Gasteiger partial charge on any atom is -0.491 e. The normalized spacial score (nSPS) is 14.5. The minimum absolute atomic E-state index is 0.0507. The van der Waals surface area contributed by atoms with Crippen LogP contribution in [0, 0.1) is 0 Å². The number of nitrogens with zero attached hydrogens (tertiary/aromatic N) is 2. The lowest BCUT2D eigenvalue weighted by molar-refractivity contribution is 0.208. The van der Waals surface area contributed by atoms with Gasteiger partial charge in [0.15, 0.2) is 0 Å². The fourth-order valence-electron chi connectivity index (χ4n) is 2.90. The molecule has 1 heterocycles. The number of hydrogen-bond acceptors (Lipinski definition) is 3. The summed E-state index contributed by atoms with van der Waals surface area (Å²) in [5.41, 5.74) is 2.00. The highest BCUT2D eigenvalue weighted by Gasteiger charge is 2.21. The van der Waals surface area contributed by atoms with Gasteiger partial charge in [-0.3, -0.25) is 0 Å². The number of piperazine rings is 1. The van der Waals surface area contributed by atoms with Gasteiger partial charge in [-0.25, -0.2) is 4.79 Å². The Balaban J connectivity index is 1.51. The summed E-state index contributed by atoms with van der Waals surface area (Å²) < 4.78 is 5.62. The summed E-state index contributed by atoms with van der Waals surface area (Å²) in [6, 6.07) is 17.8. The third kappa shape index (κ3) is 4.66. The van der Waals surface area contributed by atoms with Crippen LogP contribution in [0.15, 0.2) is 54.6 Å². The van der Waals surface area contributed by atoms with Crippen molar-refractivity contribution in [2.75, 3.05) is 36.4 Å². The molecule has 0 radical (unpaired) electrons. The predicted octanol–water partition coefficient (Wildman–Crippen LogP) is 3.83. The number of carbonyl (C=O) groups excluding carboxylic acids is 1. The molecule has 1 aliphatic heterocycles. The molecule has 5 nitrogen and oxygen atoms in total. The second kappa shape index (κ2) is 7.92. The zero-order valence-corrected chi connectivity index (χ0v) is 14.8. The number of nitrogens with one attached hydrogen (secondary N) is 1. The molecule has 0 bridgehead atoms. The molecule has 132 valence electrons. The number of hydrogen-bond donors (Lipinski definition) is 1. The largest absolute Gasteiger partial charge is 0.491 e. The predicted molar refractivity (Wildman–Crippen MR) is 101 cm³/mol. The lowest BCUT2D eigenvalue weighted by Crippen LogP contribution is -2.50. The van der Waals surface area contributed by atoms with Gasteiger partial charge in [0.2, 0.25) is 0 Å². The first-order chi connectivity index (χ1) is 12.1. The smallest absolute Gasteiger partial charge is 0.321 e. The summed E-state index contributed by atoms with van der Waals surface area (Å²) in [7, 11) is 0. The van der Waals surface area contributed by atoms with Gasteiger partial charge < -0.3 is 19.9 Å². The topological polar surface area (TPSA) is 44.8 Å². The molecule has 1 aliphatic rings. The van der Waals surface area contributed by atoms with Gasteiger partial charge in [-0.2, -0.15) is 0 Å². The third-order valence-corrected chi connectivity index (χ3v) is 4.17. The van der Waals surface area contributed by atoms with Crippen LogP contribution in [-0.4, -0.2) is 43.2 Å². The molecule has 0 unspecified atom stereocenters. The van der Waals surface area contributed by atoms with Crippen LogP contribution in [0.5, 0.6) is 5.75 Å². The van der Waals surface area contributed by atoms with Gasteiger partial charge in [-0.1, -0.05) is 18.2 Å².